The van der Waals surface area contributed by atoms with E-state index in [0.29, 0.717) is 6.54 Å². The van der Waals surface area contributed by atoms with Crippen molar-refractivity contribution in [2.24, 2.45) is 0 Å². The molecule has 2 fully saturated rings. The van der Waals surface area contributed by atoms with Crippen LogP contribution in [0.15, 0.2) is 12.7 Å². The summed E-state index contributed by atoms with van der Waals surface area (Å²) in [6, 6.07) is -0.313. The van der Waals surface area contributed by atoms with Gasteiger partial charge in [-0.05, 0) is 19.3 Å². The van der Waals surface area contributed by atoms with Crippen LogP contribution in [-0.4, -0.2) is 34.8 Å². The van der Waals surface area contributed by atoms with Crippen LogP contribution in [-0.2, 0) is 9.59 Å². The van der Waals surface area contributed by atoms with E-state index in [2.05, 4.69) is 11.9 Å². The van der Waals surface area contributed by atoms with E-state index >= 15 is 0 Å². The fourth-order valence-corrected chi connectivity index (χ4v) is 3.16. The molecule has 2 aliphatic rings. The second kappa shape index (κ2) is 5.12. The molecule has 0 aromatic heterocycles. The molecular weight excluding hydrogens is 228 g/mol. The maximum absolute atomic E-state index is 12.6. The van der Waals surface area contributed by atoms with Crippen molar-refractivity contribution in [3.63, 3.8) is 0 Å². The van der Waals surface area contributed by atoms with Crippen LogP contribution in [0.2, 0.25) is 0 Å². The maximum Gasteiger partial charge on any atom is 0.249 e. The van der Waals surface area contributed by atoms with E-state index in [-0.39, 0.29) is 17.9 Å². The third-order valence-corrected chi connectivity index (χ3v) is 4.06. The average molecular weight is 250 g/mol. The van der Waals surface area contributed by atoms with Gasteiger partial charge in [-0.3, -0.25) is 9.59 Å². The van der Waals surface area contributed by atoms with Gasteiger partial charge in [0.05, 0.1) is 0 Å². The van der Waals surface area contributed by atoms with Crippen LogP contribution in [0, 0.1) is 0 Å². The minimum atomic E-state index is -0.607. The van der Waals surface area contributed by atoms with Crippen LogP contribution in [0.4, 0.5) is 0 Å². The lowest BCUT2D eigenvalue weighted by atomic mass is 9.89. The number of nitrogens with one attached hydrogen (secondary N) is 1. The Kier molecular flexibility index (Phi) is 3.73. The molecule has 2 amide bonds. The number of hydrogen-bond acceptors (Lipinski definition) is 2. The third-order valence-electron chi connectivity index (χ3n) is 4.06. The Morgan fingerprint density at radius 3 is 2.67 bits per heavy atom. The zero-order chi connectivity index (χ0) is 13.2. The summed E-state index contributed by atoms with van der Waals surface area (Å²) in [5.74, 6) is 0.109. The summed E-state index contributed by atoms with van der Waals surface area (Å²) in [6.45, 7) is 6.20. The van der Waals surface area contributed by atoms with Crippen LogP contribution < -0.4 is 5.32 Å². The zero-order valence-corrected chi connectivity index (χ0v) is 11.1. The summed E-state index contributed by atoms with van der Waals surface area (Å²) < 4.78 is 0. The highest BCUT2D eigenvalue weighted by molar-refractivity contribution is 6.00. The Hall–Kier alpha value is -1.32. The molecule has 18 heavy (non-hydrogen) atoms. The van der Waals surface area contributed by atoms with Gasteiger partial charge in [-0.25, -0.2) is 0 Å². The largest absolute Gasteiger partial charge is 0.340 e. The van der Waals surface area contributed by atoms with E-state index < -0.39 is 5.54 Å². The molecule has 1 atom stereocenters. The molecule has 1 aliphatic heterocycles. The molecule has 1 unspecified atom stereocenters. The lowest BCUT2D eigenvalue weighted by molar-refractivity contribution is -0.154. The normalized spacial score (nSPS) is 26.5. The van der Waals surface area contributed by atoms with Crippen LogP contribution in [0.3, 0.4) is 0 Å². The second-order valence-corrected chi connectivity index (χ2v) is 5.33. The van der Waals surface area contributed by atoms with Crippen molar-refractivity contribution in [3.8, 4) is 0 Å². The summed E-state index contributed by atoms with van der Waals surface area (Å²) in [6.07, 6.45) is 6.93. The van der Waals surface area contributed by atoms with Gasteiger partial charge in [0.15, 0.2) is 0 Å². The summed E-state index contributed by atoms with van der Waals surface area (Å²) in [4.78, 5) is 26.6. The predicted molar refractivity (Wildman–Crippen MR) is 69.9 cm³/mol. The summed E-state index contributed by atoms with van der Waals surface area (Å²) in [5, 5.41) is 3.00. The molecule has 1 aliphatic carbocycles. The Bertz CT molecular complexity index is 359. The highest BCUT2D eigenvalue weighted by atomic mass is 16.2. The number of nitrogens with zero attached hydrogens (tertiary/aromatic N) is 1. The van der Waals surface area contributed by atoms with Crippen molar-refractivity contribution < 1.29 is 9.59 Å². The van der Waals surface area contributed by atoms with E-state index in [9.17, 15) is 9.59 Å². The van der Waals surface area contributed by atoms with Gasteiger partial charge in [0.2, 0.25) is 11.8 Å². The monoisotopic (exact) mass is 250 g/mol. The second-order valence-electron chi connectivity index (χ2n) is 5.33. The Morgan fingerprint density at radius 1 is 1.44 bits per heavy atom. The molecule has 1 saturated carbocycles. The first kappa shape index (κ1) is 13.1. The molecule has 0 bridgehead atoms. The van der Waals surface area contributed by atoms with Crippen LogP contribution in [0.5, 0.6) is 0 Å². The van der Waals surface area contributed by atoms with Crippen molar-refractivity contribution in [2.45, 2.75) is 57.0 Å². The summed E-state index contributed by atoms with van der Waals surface area (Å²) in [5.41, 5.74) is -0.607. The first-order chi connectivity index (χ1) is 8.64. The molecule has 1 N–H and O–H groups in total. The van der Waals surface area contributed by atoms with Gasteiger partial charge in [0, 0.05) is 6.54 Å². The van der Waals surface area contributed by atoms with E-state index in [1.54, 1.807) is 11.0 Å². The molecule has 100 valence electrons. The van der Waals surface area contributed by atoms with Crippen LogP contribution in [0.1, 0.15) is 45.4 Å². The minimum absolute atomic E-state index is 0.0141. The van der Waals surface area contributed by atoms with Crippen molar-refractivity contribution in [1.29, 1.82) is 0 Å². The number of piperazine rings is 1. The van der Waals surface area contributed by atoms with E-state index in [4.69, 9.17) is 0 Å². The van der Waals surface area contributed by atoms with E-state index in [0.717, 1.165) is 38.5 Å². The predicted octanol–water partition coefficient (Wildman–Crippen LogP) is 1.61. The molecule has 1 heterocycles. The molecule has 1 saturated heterocycles. The van der Waals surface area contributed by atoms with Gasteiger partial charge in [0.25, 0.3) is 0 Å². The first-order valence-corrected chi connectivity index (χ1v) is 6.88. The number of amides is 2. The Morgan fingerprint density at radius 2 is 2.11 bits per heavy atom. The number of rotatable bonds is 4. The SMILES string of the molecule is C=CCN1C(=O)C2(CCCC2)NC(=O)C1CCC. The quantitative estimate of drug-likeness (QED) is 0.771. The van der Waals surface area contributed by atoms with E-state index in [1.807, 2.05) is 6.92 Å². The maximum atomic E-state index is 12.6. The average Bonchev–Trinajstić information content (AvgIpc) is 2.80. The smallest absolute Gasteiger partial charge is 0.249 e. The third kappa shape index (κ3) is 2.04. The minimum Gasteiger partial charge on any atom is -0.340 e. The van der Waals surface area contributed by atoms with Gasteiger partial charge < -0.3 is 10.2 Å². The summed E-state index contributed by atoms with van der Waals surface area (Å²) >= 11 is 0. The molecule has 0 aromatic carbocycles. The number of carbonyl (C=O) groups excluding carboxylic acids is 2. The molecule has 0 radical (unpaired) electrons. The highest BCUT2D eigenvalue weighted by Crippen LogP contribution is 2.35. The van der Waals surface area contributed by atoms with Crippen LogP contribution >= 0.6 is 0 Å². The fourth-order valence-electron chi connectivity index (χ4n) is 3.16. The fraction of sp³-hybridized carbons (Fsp3) is 0.714. The lowest BCUT2D eigenvalue weighted by Crippen LogP contribution is -2.69. The molecule has 4 nitrogen and oxygen atoms in total. The zero-order valence-electron chi connectivity index (χ0n) is 11.1. The Balaban J connectivity index is 2.26. The molecule has 2 rings (SSSR count). The lowest BCUT2D eigenvalue weighted by Gasteiger charge is -2.44. The van der Waals surface area contributed by atoms with Gasteiger partial charge in [-0.15, -0.1) is 6.58 Å². The van der Waals surface area contributed by atoms with Crippen molar-refractivity contribution >= 4 is 11.8 Å². The summed E-state index contributed by atoms with van der Waals surface area (Å²) in [7, 11) is 0. The number of hydrogen-bond donors (Lipinski definition) is 1. The standard InChI is InChI=1S/C14H22N2O2/c1-3-7-11-12(17)15-14(8-5-6-9-14)13(18)16(11)10-4-2/h4,11H,2-3,5-10H2,1H3,(H,15,17). The van der Waals surface area contributed by atoms with Gasteiger partial charge in [-0.2, -0.15) is 0 Å². The topological polar surface area (TPSA) is 49.4 Å². The van der Waals surface area contributed by atoms with Gasteiger partial charge in [0.1, 0.15) is 11.6 Å². The van der Waals surface area contributed by atoms with Crippen molar-refractivity contribution in [3.05, 3.63) is 12.7 Å². The molecular formula is C14H22N2O2. The molecule has 0 aromatic rings. The Labute approximate surface area is 108 Å². The van der Waals surface area contributed by atoms with Crippen molar-refractivity contribution in [2.75, 3.05) is 6.54 Å². The van der Waals surface area contributed by atoms with Crippen LogP contribution in [0.25, 0.3) is 0 Å². The first-order valence-electron chi connectivity index (χ1n) is 6.88. The van der Waals surface area contributed by atoms with Gasteiger partial charge in [-0.1, -0.05) is 32.3 Å². The van der Waals surface area contributed by atoms with Gasteiger partial charge >= 0.3 is 0 Å². The number of carbonyl (C=O) groups is 2. The van der Waals surface area contributed by atoms with Crippen molar-refractivity contribution in [1.82, 2.24) is 10.2 Å². The van der Waals surface area contributed by atoms with E-state index in [1.165, 1.54) is 0 Å². The molecule has 1 spiro atoms. The molecule has 4 heteroatoms. The highest BCUT2D eigenvalue weighted by Gasteiger charge is 2.51.